The maximum Gasteiger partial charge on any atom is 0.340 e. The maximum absolute atomic E-state index is 12.8. The van der Waals surface area contributed by atoms with Gasteiger partial charge in [-0.3, -0.25) is 19.2 Å². The predicted octanol–water partition coefficient (Wildman–Crippen LogP) is 2.01. The van der Waals surface area contributed by atoms with Gasteiger partial charge in [-0.1, -0.05) is 30.3 Å². The van der Waals surface area contributed by atoms with Crippen LogP contribution in [0.15, 0.2) is 62.4 Å². The van der Waals surface area contributed by atoms with Crippen molar-refractivity contribution in [3.05, 3.63) is 70.3 Å². The largest absolute Gasteiger partial charge is 0.464 e. The number of amides is 4. The van der Waals surface area contributed by atoms with E-state index in [0.717, 1.165) is 16.5 Å². The standard InChI is InChI=1S/C30H30N4O7/c1-17-20-11-22-23(18-5-3-2-4-6-18)16-40-24(22)13-25(20)41-30(39)21(17)12-26(35)32-14-27(36)33-15-28(37)34-9-7-19(8-10-34)29(31)38/h2-6,11,13,16,19H,7-10,12,14-15H2,1H3,(H2,31,38)(H,32,35)(H,33,36). The van der Waals surface area contributed by atoms with Crippen molar-refractivity contribution in [3.8, 4) is 11.1 Å². The molecule has 11 nitrogen and oxygen atoms in total. The van der Waals surface area contributed by atoms with Crippen LogP contribution in [-0.2, 0) is 25.6 Å². The molecule has 0 aliphatic carbocycles. The zero-order valence-electron chi connectivity index (χ0n) is 22.5. The number of nitrogens with zero attached hydrogens (tertiary/aromatic N) is 1. The lowest BCUT2D eigenvalue weighted by molar-refractivity contribution is -0.135. The van der Waals surface area contributed by atoms with Crippen molar-refractivity contribution in [3.63, 3.8) is 0 Å². The molecule has 11 heteroatoms. The monoisotopic (exact) mass is 558 g/mol. The number of fused-ring (bicyclic) bond motifs is 2. The minimum Gasteiger partial charge on any atom is -0.464 e. The summed E-state index contributed by atoms with van der Waals surface area (Å²) in [4.78, 5) is 62.8. The van der Waals surface area contributed by atoms with Gasteiger partial charge in [0.25, 0.3) is 0 Å². The molecule has 41 heavy (non-hydrogen) atoms. The predicted molar refractivity (Wildman–Crippen MR) is 151 cm³/mol. The van der Waals surface area contributed by atoms with Crippen LogP contribution in [0.1, 0.15) is 24.0 Å². The van der Waals surface area contributed by atoms with E-state index in [0.29, 0.717) is 48.0 Å². The van der Waals surface area contributed by atoms with E-state index in [-0.39, 0.29) is 42.8 Å². The lowest BCUT2D eigenvalue weighted by Gasteiger charge is -2.30. The van der Waals surface area contributed by atoms with Gasteiger partial charge in [0.05, 0.1) is 31.3 Å². The number of furan rings is 1. The second-order valence-electron chi connectivity index (χ2n) is 10.1. The number of rotatable bonds is 8. The first kappa shape index (κ1) is 27.6. The van der Waals surface area contributed by atoms with Gasteiger partial charge in [-0.25, -0.2) is 4.79 Å². The normalized spacial score (nSPS) is 13.8. The van der Waals surface area contributed by atoms with Crippen molar-refractivity contribution in [1.82, 2.24) is 15.5 Å². The van der Waals surface area contributed by atoms with Crippen LogP contribution in [0.4, 0.5) is 0 Å². The third-order valence-corrected chi connectivity index (χ3v) is 7.54. The molecular weight excluding hydrogens is 528 g/mol. The fourth-order valence-corrected chi connectivity index (χ4v) is 5.12. The zero-order chi connectivity index (χ0) is 29.1. The summed E-state index contributed by atoms with van der Waals surface area (Å²) in [5.74, 6) is -1.97. The third-order valence-electron chi connectivity index (χ3n) is 7.54. The van der Waals surface area contributed by atoms with Crippen molar-refractivity contribution in [2.24, 2.45) is 11.7 Å². The molecule has 4 aromatic rings. The third kappa shape index (κ3) is 5.98. The average Bonchev–Trinajstić information content (AvgIpc) is 3.39. The van der Waals surface area contributed by atoms with Gasteiger partial charge in [0.15, 0.2) is 0 Å². The Morgan fingerprint density at radius 1 is 0.951 bits per heavy atom. The van der Waals surface area contributed by atoms with Gasteiger partial charge in [0, 0.05) is 41.4 Å². The Bertz CT molecular complexity index is 1700. The molecule has 3 heterocycles. The molecule has 1 saturated heterocycles. The number of likely N-dealkylation sites (tertiary alicyclic amines) is 1. The van der Waals surface area contributed by atoms with Crippen molar-refractivity contribution in [2.75, 3.05) is 26.2 Å². The lowest BCUT2D eigenvalue weighted by Crippen LogP contribution is -2.47. The molecule has 2 aromatic heterocycles. The Morgan fingerprint density at radius 2 is 1.66 bits per heavy atom. The minimum atomic E-state index is -0.644. The van der Waals surface area contributed by atoms with Crippen LogP contribution in [0, 0.1) is 12.8 Å². The molecule has 1 aliphatic rings. The number of primary amides is 1. The van der Waals surface area contributed by atoms with Gasteiger partial charge in [-0.2, -0.15) is 0 Å². The number of piperidine rings is 1. The molecule has 0 bridgehead atoms. The second kappa shape index (κ2) is 11.7. The first-order valence-corrected chi connectivity index (χ1v) is 13.3. The van der Waals surface area contributed by atoms with E-state index in [4.69, 9.17) is 14.6 Å². The van der Waals surface area contributed by atoms with E-state index in [1.54, 1.807) is 24.2 Å². The quantitative estimate of drug-likeness (QED) is 0.278. The molecule has 212 valence electrons. The summed E-state index contributed by atoms with van der Waals surface area (Å²) in [7, 11) is 0. The molecule has 2 aromatic carbocycles. The Balaban J connectivity index is 1.20. The molecule has 0 unspecified atom stereocenters. The number of carbonyl (C=O) groups excluding carboxylic acids is 4. The Kier molecular flexibility index (Phi) is 7.86. The molecule has 0 saturated carbocycles. The van der Waals surface area contributed by atoms with Gasteiger partial charge in [-0.15, -0.1) is 0 Å². The molecule has 4 amide bonds. The number of carbonyl (C=O) groups is 4. The average molecular weight is 559 g/mol. The molecule has 5 rings (SSSR count). The molecule has 0 spiro atoms. The van der Waals surface area contributed by atoms with Gasteiger partial charge < -0.3 is 30.1 Å². The topological polar surface area (TPSA) is 165 Å². The lowest BCUT2D eigenvalue weighted by atomic mass is 9.96. The Hall–Kier alpha value is -4.93. The zero-order valence-corrected chi connectivity index (χ0v) is 22.5. The van der Waals surface area contributed by atoms with Crippen molar-refractivity contribution < 1.29 is 28.0 Å². The molecule has 4 N–H and O–H groups in total. The van der Waals surface area contributed by atoms with Crippen molar-refractivity contribution >= 4 is 45.6 Å². The SMILES string of the molecule is Cc1c(CC(=O)NCC(=O)NCC(=O)N2CCC(C(N)=O)CC2)c(=O)oc2cc3occ(-c4ccccc4)c3cc12. The summed E-state index contributed by atoms with van der Waals surface area (Å²) >= 11 is 0. The molecule has 0 atom stereocenters. The Morgan fingerprint density at radius 3 is 2.37 bits per heavy atom. The van der Waals surface area contributed by atoms with Crippen LogP contribution in [0.3, 0.4) is 0 Å². The summed E-state index contributed by atoms with van der Waals surface area (Å²) < 4.78 is 11.2. The smallest absolute Gasteiger partial charge is 0.340 e. The summed E-state index contributed by atoms with van der Waals surface area (Å²) in [5.41, 5.74) is 8.26. The van der Waals surface area contributed by atoms with Crippen molar-refractivity contribution in [2.45, 2.75) is 26.2 Å². The van der Waals surface area contributed by atoms with Crippen LogP contribution < -0.4 is 22.0 Å². The van der Waals surface area contributed by atoms with Crippen LogP contribution in [0.5, 0.6) is 0 Å². The molecule has 0 radical (unpaired) electrons. The van der Waals surface area contributed by atoms with E-state index in [1.165, 1.54) is 0 Å². The first-order chi connectivity index (χ1) is 19.7. The molecule has 1 aliphatic heterocycles. The van der Waals surface area contributed by atoms with Gasteiger partial charge >= 0.3 is 5.63 Å². The summed E-state index contributed by atoms with van der Waals surface area (Å²) in [6, 6.07) is 13.3. The van der Waals surface area contributed by atoms with E-state index in [9.17, 15) is 24.0 Å². The van der Waals surface area contributed by atoms with Gasteiger partial charge in [0.2, 0.25) is 23.6 Å². The number of nitrogens with one attached hydrogen (secondary N) is 2. The highest BCUT2D eigenvalue weighted by molar-refractivity contribution is 6.02. The minimum absolute atomic E-state index is 0.189. The van der Waals surface area contributed by atoms with Crippen molar-refractivity contribution in [1.29, 1.82) is 0 Å². The first-order valence-electron chi connectivity index (χ1n) is 13.3. The summed E-state index contributed by atoms with van der Waals surface area (Å²) in [5, 5.41) is 6.50. The highest BCUT2D eigenvalue weighted by atomic mass is 16.4. The fraction of sp³-hybridized carbons (Fsp3) is 0.300. The van der Waals surface area contributed by atoms with E-state index < -0.39 is 17.4 Å². The van der Waals surface area contributed by atoms with E-state index >= 15 is 0 Å². The fourth-order valence-electron chi connectivity index (χ4n) is 5.12. The number of hydrogen-bond donors (Lipinski definition) is 3. The number of benzene rings is 2. The Labute approximate surface area is 234 Å². The van der Waals surface area contributed by atoms with E-state index in [1.807, 2.05) is 36.4 Å². The highest BCUT2D eigenvalue weighted by Gasteiger charge is 2.26. The summed E-state index contributed by atoms with van der Waals surface area (Å²) in [6.07, 6.45) is 2.37. The van der Waals surface area contributed by atoms with Gasteiger partial charge in [0.1, 0.15) is 11.2 Å². The second-order valence-corrected chi connectivity index (χ2v) is 10.1. The van der Waals surface area contributed by atoms with E-state index in [2.05, 4.69) is 10.6 Å². The van der Waals surface area contributed by atoms with Crippen LogP contribution >= 0.6 is 0 Å². The summed E-state index contributed by atoms with van der Waals surface area (Å²) in [6.45, 7) is 1.96. The number of aryl methyl sites for hydroxylation is 1. The number of nitrogens with two attached hydrogens (primary N) is 1. The van der Waals surface area contributed by atoms with Gasteiger partial charge in [-0.05, 0) is 37.0 Å². The van der Waals surface area contributed by atoms with Crippen LogP contribution in [-0.4, -0.2) is 54.7 Å². The van der Waals surface area contributed by atoms with Crippen LogP contribution in [0.2, 0.25) is 0 Å². The highest BCUT2D eigenvalue weighted by Crippen LogP contribution is 2.34. The molecule has 1 fully saturated rings. The molecular formula is C30H30N4O7. The number of hydrogen-bond acceptors (Lipinski definition) is 7. The van der Waals surface area contributed by atoms with Crippen LogP contribution in [0.25, 0.3) is 33.1 Å². The maximum atomic E-state index is 12.8.